The lowest BCUT2D eigenvalue weighted by molar-refractivity contribution is -0.143. The normalized spacial score (nSPS) is 20.6. The molecule has 1 aromatic carbocycles. The van der Waals surface area contributed by atoms with E-state index in [1.807, 2.05) is 11.0 Å². The number of nitrogens with zero attached hydrogens (tertiary/aromatic N) is 2. The number of likely N-dealkylation sites (tertiary alicyclic amines) is 1. The molecule has 1 atom stereocenters. The number of nitrogens with one attached hydrogen (secondary N) is 1. The number of piperidine rings is 1. The summed E-state index contributed by atoms with van der Waals surface area (Å²) in [5, 5.41) is 2.85. The highest BCUT2D eigenvalue weighted by molar-refractivity contribution is 9.10. The number of pyridine rings is 1. The number of rotatable bonds is 4. The molecule has 1 unspecified atom stereocenters. The fraction of sp³-hybridized carbons (Fsp3) is 0.409. The van der Waals surface area contributed by atoms with Crippen LogP contribution >= 0.6 is 15.9 Å². The van der Waals surface area contributed by atoms with E-state index in [-0.39, 0.29) is 23.5 Å². The molecule has 29 heavy (non-hydrogen) atoms. The predicted molar refractivity (Wildman–Crippen MR) is 112 cm³/mol. The number of hydrogen-bond acceptors (Lipinski definition) is 3. The van der Waals surface area contributed by atoms with Crippen LogP contribution in [0.5, 0.6) is 0 Å². The van der Waals surface area contributed by atoms with E-state index in [1.54, 1.807) is 24.4 Å². The van der Waals surface area contributed by atoms with E-state index < -0.39 is 5.41 Å². The Balaban J connectivity index is 1.46. The lowest BCUT2D eigenvalue weighted by atomic mass is 9.63. The van der Waals surface area contributed by atoms with Gasteiger partial charge >= 0.3 is 0 Å². The Labute approximate surface area is 177 Å². The number of halogens is 2. The summed E-state index contributed by atoms with van der Waals surface area (Å²) in [6.45, 7) is 1.06. The number of anilines is 1. The molecule has 0 radical (unpaired) electrons. The largest absolute Gasteiger partial charge is 0.341 e. The Morgan fingerprint density at radius 3 is 2.52 bits per heavy atom. The average molecular weight is 460 g/mol. The van der Waals surface area contributed by atoms with Crippen molar-refractivity contribution in [3.05, 3.63) is 58.4 Å². The summed E-state index contributed by atoms with van der Waals surface area (Å²) in [6.07, 6.45) is 5.69. The van der Waals surface area contributed by atoms with Crippen LogP contribution in [-0.4, -0.2) is 34.8 Å². The van der Waals surface area contributed by atoms with Crippen LogP contribution in [0, 0.1) is 11.7 Å². The molecule has 152 valence electrons. The highest BCUT2D eigenvalue weighted by atomic mass is 79.9. The molecule has 7 heteroatoms. The minimum absolute atomic E-state index is 0.0645. The second-order valence-electron chi connectivity index (χ2n) is 7.88. The van der Waals surface area contributed by atoms with Crippen LogP contribution in [0.25, 0.3) is 0 Å². The molecule has 2 aromatic rings. The molecule has 1 saturated carbocycles. The highest BCUT2D eigenvalue weighted by Gasteiger charge is 2.48. The van der Waals surface area contributed by atoms with Gasteiger partial charge in [0.05, 0.1) is 11.3 Å². The van der Waals surface area contributed by atoms with Gasteiger partial charge in [-0.25, -0.2) is 9.37 Å². The molecule has 0 spiro atoms. The standard InChI is InChI=1S/C22H23BrFN3O2/c23-17-6-9-19(25-13-17)26-20(28)15-3-1-12-27(14-15)21(29)22(10-2-11-22)16-4-7-18(24)8-5-16/h4-9,13,15H,1-3,10-12,14H2,(H,25,26,28). The summed E-state index contributed by atoms with van der Waals surface area (Å²) in [5.74, 6) is -0.102. The zero-order valence-electron chi connectivity index (χ0n) is 16.0. The van der Waals surface area contributed by atoms with Gasteiger partial charge in [0, 0.05) is 23.8 Å². The zero-order valence-corrected chi connectivity index (χ0v) is 17.6. The smallest absolute Gasteiger partial charge is 0.233 e. The van der Waals surface area contributed by atoms with Gasteiger partial charge in [-0.3, -0.25) is 9.59 Å². The van der Waals surface area contributed by atoms with E-state index in [9.17, 15) is 14.0 Å². The first-order chi connectivity index (χ1) is 14.0. The second-order valence-corrected chi connectivity index (χ2v) is 8.80. The first-order valence-electron chi connectivity index (χ1n) is 9.96. The molecule has 1 saturated heterocycles. The Bertz CT molecular complexity index is 897. The van der Waals surface area contributed by atoms with Gasteiger partial charge in [0.2, 0.25) is 11.8 Å². The van der Waals surface area contributed by atoms with Crippen molar-refractivity contribution < 1.29 is 14.0 Å². The molecule has 5 nitrogen and oxygen atoms in total. The van der Waals surface area contributed by atoms with Crippen LogP contribution in [0.1, 0.15) is 37.7 Å². The number of carbonyl (C=O) groups excluding carboxylic acids is 2. The number of hydrogen-bond donors (Lipinski definition) is 1. The van der Waals surface area contributed by atoms with Crippen LogP contribution in [0.4, 0.5) is 10.2 Å². The molecular weight excluding hydrogens is 437 g/mol. The molecule has 1 aromatic heterocycles. The Morgan fingerprint density at radius 1 is 1.14 bits per heavy atom. The van der Waals surface area contributed by atoms with Gasteiger partial charge in [0.15, 0.2) is 0 Å². The van der Waals surface area contributed by atoms with Crippen molar-refractivity contribution in [2.24, 2.45) is 5.92 Å². The van der Waals surface area contributed by atoms with Crippen LogP contribution in [0.2, 0.25) is 0 Å². The maximum atomic E-state index is 13.4. The topological polar surface area (TPSA) is 62.3 Å². The van der Waals surface area contributed by atoms with E-state index in [0.29, 0.717) is 18.9 Å². The fourth-order valence-corrected chi connectivity index (χ4v) is 4.52. The van der Waals surface area contributed by atoms with Gasteiger partial charge in [-0.15, -0.1) is 0 Å². The summed E-state index contributed by atoms with van der Waals surface area (Å²) in [6, 6.07) is 9.84. The van der Waals surface area contributed by atoms with Gasteiger partial charge in [-0.2, -0.15) is 0 Å². The van der Waals surface area contributed by atoms with Crippen molar-refractivity contribution in [2.45, 2.75) is 37.5 Å². The van der Waals surface area contributed by atoms with Gasteiger partial charge in [-0.05, 0) is 71.4 Å². The van der Waals surface area contributed by atoms with Crippen LogP contribution in [0.3, 0.4) is 0 Å². The van der Waals surface area contributed by atoms with E-state index in [2.05, 4.69) is 26.2 Å². The third kappa shape index (κ3) is 4.06. The maximum Gasteiger partial charge on any atom is 0.233 e. The summed E-state index contributed by atoms with van der Waals surface area (Å²) in [7, 11) is 0. The monoisotopic (exact) mass is 459 g/mol. The van der Waals surface area contributed by atoms with E-state index >= 15 is 0 Å². The van der Waals surface area contributed by atoms with Gasteiger partial charge < -0.3 is 10.2 Å². The predicted octanol–water partition coefficient (Wildman–Crippen LogP) is 4.28. The molecule has 2 heterocycles. The minimum atomic E-state index is -0.570. The maximum absolute atomic E-state index is 13.4. The van der Waals surface area contributed by atoms with Gasteiger partial charge in [-0.1, -0.05) is 18.6 Å². The molecule has 2 amide bonds. The number of aromatic nitrogens is 1. The summed E-state index contributed by atoms with van der Waals surface area (Å²) in [5.41, 5.74) is 0.306. The number of amides is 2. The van der Waals surface area contributed by atoms with Crippen molar-refractivity contribution in [1.82, 2.24) is 9.88 Å². The number of benzene rings is 1. The van der Waals surface area contributed by atoms with Crippen molar-refractivity contribution in [3.63, 3.8) is 0 Å². The molecule has 2 aliphatic rings. The van der Waals surface area contributed by atoms with Crippen molar-refractivity contribution in [3.8, 4) is 0 Å². The quantitative estimate of drug-likeness (QED) is 0.741. The second kappa shape index (κ2) is 8.22. The molecule has 0 bridgehead atoms. The third-order valence-corrected chi connectivity index (χ3v) is 6.54. The Hall–Kier alpha value is -2.28. The van der Waals surface area contributed by atoms with E-state index in [0.717, 1.165) is 42.1 Å². The zero-order chi connectivity index (χ0) is 20.4. The molecule has 1 N–H and O–H groups in total. The van der Waals surface area contributed by atoms with Crippen LogP contribution < -0.4 is 5.32 Å². The SMILES string of the molecule is O=C(Nc1ccc(Br)cn1)C1CCCN(C(=O)C2(c3ccc(F)cc3)CCC2)C1. The summed E-state index contributed by atoms with van der Waals surface area (Å²) in [4.78, 5) is 32.2. The lowest BCUT2D eigenvalue weighted by Gasteiger charge is -2.45. The van der Waals surface area contributed by atoms with Crippen molar-refractivity contribution in [2.75, 3.05) is 18.4 Å². The van der Waals surface area contributed by atoms with Crippen molar-refractivity contribution >= 4 is 33.6 Å². The molecule has 1 aliphatic carbocycles. The summed E-state index contributed by atoms with van der Waals surface area (Å²) < 4.78 is 14.2. The molecule has 2 fully saturated rings. The Kier molecular flexibility index (Phi) is 5.67. The summed E-state index contributed by atoms with van der Waals surface area (Å²) >= 11 is 3.33. The number of carbonyl (C=O) groups is 2. The van der Waals surface area contributed by atoms with E-state index in [1.165, 1.54) is 12.1 Å². The van der Waals surface area contributed by atoms with Crippen LogP contribution in [-0.2, 0) is 15.0 Å². The highest BCUT2D eigenvalue weighted by Crippen LogP contribution is 2.45. The molecule has 1 aliphatic heterocycles. The van der Waals surface area contributed by atoms with Crippen molar-refractivity contribution in [1.29, 1.82) is 0 Å². The van der Waals surface area contributed by atoms with Crippen LogP contribution in [0.15, 0.2) is 47.1 Å². The first kappa shape index (κ1) is 20.0. The Morgan fingerprint density at radius 2 is 1.90 bits per heavy atom. The third-order valence-electron chi connectivity index (χ3n) is 6.07. The molecular formula is C22H23BrFN3O2. The minimum Gasteiger partial charge on any atom is -0.341 e. The van der Waals surface area contributed by atoms with E-state index in [4.69, 9.17) is 0 Å². The molecule has 4 rings (SSSR count). The fourth-order valence-electron chi connectivity index (χ4n) is 4.28. The average Bonchev–Trinajstić information content (AvgIpc) is 2.70. The first-order valence-corrected chi connectivity index (χ1v) is 10.8. The lowest BCUT2D eigenvalue weighted by Crippen LogP contribution is -2.54. The van der Waals surface area contributed by atoms with Gasteiger partial charge in [0.25, 0.3) is 0 Å². The van der Waals surface area contributed by atoms with Gasteiger partial charge in [0.1, 0.15) is 11.6 Å².